The molecular formula is C17H36N2O2. The normalized spacial score (nSPS) is 13.0. The molecule has 1 unspecified atom stereocenters. The minimum Gasteiger partial charge on any atom is -0.444 e. The largest absolute Gasteiger partial charge is 0.444 e. The quantitative estimate of drug-likeness (QED) is 0.615. The van der Waals surface area contributed by atoms with Crippen molar-refractivity contribution in [1.29, 1.82) is 0 Å². The predicted octanol–water partition coefficient (Wildman–Crippen LogP) is 4.19. The number of rotatable bonds is 10. The Morgan fingerprint density at radius 1 is 1.19 bits per heavy atom. The molecule has 1 amide bonds. The Morgan fingerprint density at radius 2 is 1.86 bits per heavy atom. The third-order valence-corrected chi connectivity index (χ3v) is 3.40. The summed E-state index contributed by atoms with van der Waals surface area (Å²) < 4.78 is 5.40. The van der Waals surface area contributed by atoms with Gasteiger partial charge in [0.2, 0.25) is 0 Å². The molecule has 4 nitrogen and oxygen atoms in total. The topological polar surface area (TPSA) is 41.6 Å². The summed E-state index contributed by atoms with van der Waals surface area (Å²) in [5, 5.41) is 3.49. The monoisotopic (exact) mass is 300 g/mol. The number of carbonyl (C=O) groups excluding carboxylic acids is 1. The molecule has 0 aromatic rings. The summed E-state index contributed by atoms with van der Waals surface area (Å²) in [6.45, 7) is 14.3. The Hall–Kier alpha value is -0.770. The molecule has 1 atom stereocenters. The van der Waals surface area contributed by atoms with E-state index in [0.717, 1.165) is 6.54 Å². The summed E-state index contributed by atoms with van der Waals surface area (Å²) in [6, 6.07) is 0.513. The van der Waals surface area contributed by atoms with E-state index >= 15 is 0 Å². The number of carbonyl (C=O) groups is 1. The van der Waals surface area contributed by atoms with E-state index in [2.05, 4.69) is 19.2 Å². The number of amides is 1. The fourth-order valence-corrected chi connectivity index (χ4v) is 2.13. The average molecular weight is 300 g/mol. The van der Waals surface area contributed by atoms with Gasteiger partial charge in [0.05, 0.1) is 0 Å². The minimum absolute atomic E-state index is 0.220. The highest BCUT2D eigenvalue weighted by Gasteiger charge is 2.20. The second kappa shape index (κ2) is 10.9. The van der Waals surface area contributed by atoms with Crippen molar-refractivity contribution in [3.05, 3.63) is 0 Å². The fourth-order valence-electron chi connectivity index (χ4n) is 2.13. The first-order chi connectivity index (χ1) is 9.80. The molecule has 0 aliphatic carbocycles. The molecule has 0 saturated heterocycles. The zero-order valence-corrected chi connectivity index (χ0v) is 15.0. The van der Waals surface area contributed by atoms with Crippen molar-refractivity contribution in [3.8, 4) is 0 Å². The second-order valence-corrected chi connectivity index (χ2v) is 6.76. The molecule has 0 fully saturated rings. The summed E-state index contributed by atoms with van der Waals surface area (Å²) in [5.41, 5.74) is -0.426. The van der Waals surface area contributed by atoms with Crippen LogP contribution in [0, 0.1) is 0 Å². The van der Waals surface area contributed by atoms with Gasteiger partial charge >= 0.3 is 6.09 Å². The highest BCUT2D eigenvalue weighted by atomic mass is 16.6. The van der Waals surface area contributed by atoms with Crippen molar-refractivity contribution in [2.24, 2.45) is 0 Å². The number of hydrogen-bond donors (Lipinski definition) is 1. The van der Waals surface area contributed by atoms with E-state index in [1.165, 1.54) is 32.1 Å². The number of hydrogen-bond acceptors (Lipinski definition) is 3. The molecule has 21 heavy (non-hydrogen) atoms. The van der Waals surface area contributed by atoms with E-state index in [-0.39, 0.29) is 6.09 Å². The molecule has 0 bridgehead atoms. The van der Waals surface area contributed by atoms with Crippen LogP contribution in [0.15, 0.2) is 0 Å². The van der Waals surface area contributed by atoms with Crippen LogP contribution < -0.4 is 5.32 Å². The van der Waals surface area contributed by atoms with Crippen LogP contribution >= 0.6 is 0 Å². The Balaban J connectivity index is 3.88. The molecule has 0 aromatic heterocycles. The lowest BCUT2D eigenvalue weighted by molar-refractivity contribution is 0.0261. The fraction of sp³-hybridized carbons (Fsp3) is 0.941. The lowest BCUT2D eigenvalue weighted by atomic mass is 10.1. The van der Waals surface area contributed by atoms with Crippen molar-refractivity contribution in [1.82, 2.24) is 10.2 Å². The van der Waals surface area contributed by atoms with Crippen LogP contribution in [0.4, 0.5) is 4.79 Å². The third-order valence-electron chi connectivity index (χ3n) is 3.40. The molecule has 0 spiro atoms. The molecule has 126 valence electrons. The number of nitrogens with one attached hydrogen (secondary N) is 1. The molecule has 0 saturated carbocycles. The summed E-state index contributed by atoms with van der Waals surface area (Å²) in [5.74, 6) is 0. The number of unbranched alkanes of at least 4 members (excludes halogenated alkanes) is 3. The minimum atomic E-state index is -0.426. The van der Waals surface area contributed by atoms with Gasteiger partial charge in [-0.15, -0.1) is 0 Å². The average Bonchev–Trinajstić information content (AvgIpc) is 2.37. The predicted molar refractivity (Wildman–Crippen MR) is 89.7 cm³/mol. The Labute approximate surface area is 131 Å². The Morgan fingerprint density at radius 3 is 2.38 bits per heavy atom. The number of likely N-dealkylation sites (N-methyl/N-ethyl adjacent to an activating group) is 1. The molecule has 1 N–H and O–H groups in total. The van der Waals surface area contributed by atoms with Crippen molar-refractivity contribution in [3.63, 3.8) is 0 Å². The Kier molecular flexibility index (Phi) is 10.5. The van der Waals surface area contributed by atoms with Gasteiger partial charge in [-0.2, -0.15) is 0 Å². The highest BCUT2D eigenvalue weighted by molar-refractivity contribution is 5.68. The van der Waals surface area contributed by atoms with Gasteiger partial charge in [0.15, 0.2) is 0 Å². The summed E-state index contributed by atoms with van der Waals surface area (Å²) >= 11 is 0. The standard InChI is InChI=1S/C17H36N2O2/c1-7-9-10-11-12-15(3)18-13-14-19(8-2)16(20)21-17(4,5)6/h15,18H,7-14H2,1-6H3. The van der Waals surface area contributed by atoms with E-state index in [0.29, 0.717) is 19.1 Å². The molecule has 0 aromatic carbocycles. The summed E-state index contributed by atoms with van der Waals surface area (Å²) in [4.78, 5) is 13.7. The first kappa shape index (κ1) is 20.2. The molecule has 0 aliphatic heterocycles. The van der Waals surface area contributed by atoms with Crippen LogP contribution in [0.25, 0.3) is 0 Å². The molecule has 0 heterocycles. The maximum absolute atomic E-state index is 12.0. The van der Waals surface area contributed by atoms with E-state index < -0.39 is 5.60 Å². The van der Waals surface area contributed by atoms with Gasteiger partial charge < -0.3 is 15.0 Å². The van der Waals surface area contributed by atoms with Crippen LogP contribution in [0.2, 0.25) is 0 Å². The van der Waals surface area contributed by atoms with Gasteiger partial charge in [-0.1, -0.05) is 32.6 Å². The van der Waals surface area contributed by atoms with Crippen molar-refractivity contribution >= 4 is 6.09 Å². The molecular weight excluding hydrogens is 264 g/mol. The van der Waals surface area contributed by atoms with Crippen molar-refractivity contribution in [2.75, 3.05) is 19.6 Å². The maximum Gasteiger partial charge on any atom is 0.410 e. The number of nitrogens with zero attached hydrogens (tertiary/aromatic N) is 1. The smallest absolute Gasteiger partial charge is 0.410 e. The lowest BCUT2D eigenvalue weighted by Crippen LogP contribution is -2.41. The molecule has 0 rings (SSSR count). The Bertz CT molecular complexity index is 274. The van der Waals surface area contributed by atoms with Crippen LogP contribution in [-0.4, -0.2) is 42.3 Å². The van der Waals surface area contributed by atoms with Crippen LogP contribution in [0.5, 0.6) is 0 Å². The second-order valence-electron chi connectivity index (χ2n) is 6.76. The van der Waals surface area contributed by atoms with E-state index in [1.54, 1.807) is 4.90 Å². The molecule has 0 aliphatic rings. The van der Waals surface area contributed by atoms with E-state index in [4.69, 9.17) is 4.74 Å². The third kappa shape index (κ3) is 11.6. The summed E-state index contributed by atoms with van der Waals surface area (Å²) in [6.07, 6.45) is 6.20. The number of ether oxygens (including phenoxy) is 1. The van der Waals surface area contributed by atoms with Crippen LogP contribution in [0.3, 0.4) is 0 Å². The zero-order valence-electron chi connectivity index (χ0n) is 15.0. The van der Waals surface area contributed by atoms with Gasteiger partial charge in [-0.25, -0.2) is 4.79 Å². The maximum atomic E-state index is 12.0. The van der Waals surface area contributed by atoms with E-state index in [9.17, 15) is 4.79 Å². The summed E-state index contributed by atoms with van der Waals surface area (Å²) in [7, 11) is 0. The van der Waals surface area contributed by atoms with Crippen molar-refractivity contribution in [2.45, 2.75) is 85.3 Å². The van der Waals surface area contributed by atoms with Gasteiger partial charge in [0.25, 0.3) is 0 Å². The van der Waals surface area contributed by atoms with Crippen molar-refractivity contribution < 1.29 is 9.53 Å². The van der Waals surface area contributed by atoms with E-state index in [1.807, 2.05) is 27.7 Å². The lowest BCUT2D eigenvalue weighted by Gasteiger charge is -2.27. The highest BCUT2D eigenvalue weighted by Crippen LogP contribution is 2.09. The van der Waals surface area contributed by atoms with Gasteiger partial charge in [-0.05, 0) is 41.0 Å². The van der Waals surface area contributed by atoms with Gasteiger partial charge in [-0.3, -0.25) is 0 Å². The first-order valence-corrected chi connectivity index (χ1v) is 8.51. The van der Waals surface area contributed by atoms with Gasteiger partial charge in [0, 0.05) is 25.7 Å². The van der Waals surface area contributed by atoms with Crippen LogP contribution in [0.1, 0.15) is 73.6 Å². The van der Waals surface area contributed by atoms with Crippen LogP contribution in [-0.2, 0) is 4.74 Å². The van der Waals surface area contributed by atoms with Gasteiger partial charge in [0.1, 0.15) is 5.60 Å². The zero-order chi connectivity index (χ0) is 16.3. The molecule has 4 heteroatoms. The molecule has 0 radical (unpaired) electrons. The SMILES string of the molecule is CCCCCCC(C)NCCN(CC)C(=O)OC(C)(C)C. The first-order valence-electron chi connectivity index (χ1n) is 8.51.